The summed E-state index contributed by atoms with van der Waals surface area (Å²) in [5.41, 5.74) is -1.95. The number of nitrogens with zero attached hydrogens (tertiary/aromatic N) is 5. The molecule has 8 nitrogen and oxygen atoms in total. The van der Waals surface area contributed by atoms with Crippen LogP contribution in [-0.2, 0) is 6.18 Å². The van der Waals surface area contributed by atoms with E-state index in [1.165, 1.54) is 6.92 Å². The van der Waals surface area contributed by atoms with Crippen molar-refractivity contribution in [2.45, 2.75) is 44.1 Å². The van der Waals surface area contributed by atoms with E-state index >= 15 is 0 Å². The predicted molar refractivity (Wildman–Crippen MR) is 113 cm³/mol. The van der Waals surface area contributed by atoms with E-state index in [1.54, 1.807) is 0 Å². The van der Waals surface area contributed by atoms with Crippen molar-refractivity contribution in [2.75, 3.05) is 6.61 Å². The van der Waals surface area contributed by atoms with Crippen LogP contribution in [0.5, 0.6) is 5.75 Å². The minimum Gasteiger partial charge on any atom is -0.484 e. The van der Waals surface area contributed by atoms with Gasteiger partial charge in [-0.2, -0.15) is 36.1 Å². The van der Waals surface area contributed by atoms with Crippen LogP contribution in [0.2, 0.25) is 0 Å². The summed E-state index contributed by atoms with van der Waals surface area (Å²) >= 11 is 0. The zero-order valence-corrected chi connectivity index (χ0v) is 19.3. The summed E-state index contributed by atoms with van der Waals surface area (Å²) in [6.45, 7) is 0.572. The molecule has 2 heterocycles. The first-order chi connectivity index (χ1) is 17.7. The van der Waals surface area contributed by atoms with E-state index < -0.39 is 60.3 Å². The molecule has 3 unspecified atom stereocenters. The highest BCUT2D eigenvalue weighted by molar-refractivity contribution is 5.95. The topological polar surface area (TPSA) is 94.8 Å². The number of aromatic nitrogens is 5. The molecule has 0 radical (unpaired) electrons. The van der Waals surface area contributed by atoms with Crippen LogP contribution in [0.1, 0.15) is 52.6 Å². The van der Waals surface area contributed by atoms with Crippen molar-refractivity contribution in [3.63, 3.8) is 0 Å². The Morgan fingerprint density at radius 3 is 2.37 bits per heavy atom. The average Bonchev–Trinajstić information content (AvgIpc) is 3.52. The van der Waals surface area contributed by atoms with Gasteiger partial charge in [0.15, 0.2) is 11.6 Å². The van der Waals surface area contributed by atoms with Gasteiger partial charge in [0.2, 0.25) is 0 Å². The fourth-order valence-electron chi connectivity index (χ4n) is 3.78. The van der Waals surface area contributed by atoms with Crippen LogP contribution >= 0.6 is 0 Å². The summed E-state index contributed by atoms with van der Waals surface area (Å²) in [4.78, 5) is 24.7. The highest BCUT2D eigenvalue weighted by Crippen LogP contribution is 2.56. The van der Waals surface area contributed by atoms with E-state index in [2.05, 4.69) is 25.4 Å². The molecule has 3 atom stereocenters. The van der Waals surface area contributed by atoms with Gasteiger partial charge in [-0.3, -0.25) is 4.79 Å². The molecule has 4 rings (SSSR count). The van der Waals surface area contributed by atoms with E-state index in [0.29, 0.717) is 12.1 Å². The lowest BCUT2D eigenvalue weighted by Crippen LogP contribution is -2.29. The smallest absolute Gasteiger partial charge is 0.416 e. The maximum atomic E-state index is 13.4. The Morgan fingerprint density at radius 1 is 1.11 bits per heavy atom. The molecule has 16 heteroatoms. The third kappa shape index (κ3) is 6.16. The second kappa shape index (κ2) is 10.1. The van der Waals surface area contributed by atoms with Crippen LogP contribution in [0, 0.1) is 5.92 Å². The molecular weight excluding hydrogens is 532 g/mol. The van der Waals surface area contributed by atoms with Crippen molar-refractivity contribution in [1.82, 2.24) is 30.0 Å². The summed E-state index contributed by atoms with van der Waals surface area (Å²) in [5, 5.41) is 6.37. The molecule has 38 heavy (non-hydrogen) atoms. The number of amides is 1. The molecule has 3 aromatic rings. The molecule has 2 aromatic heterocycles. The van der Waals surface area contributed by atoms with E-state index in [-0.39, 0.29) is 29.5 Å². The Kier molecular flexibility index (Phi) is 7.25. The van der Waals surface area contributed by atoms with Gasteiger partial charge >= 0.3 is 12.4 Å². The Morgan fingerprint density at radius 2 is 1.79 bits per heavy atom. The van der Waals surface area contributed by atoms with Crippen LogP contribution in [0.15, 0.2) is 36.9 Å². The third-order valence-corrected chi connectivity index (χ3v) is 5.67. The van der Waals surface area contributed by atoms with Crippen molar-refractivity contribution in [1.29, 1.82) is 0 Å². The first-order valence-corrected chi connectivity index (χ1v) is 11.0. The van der Waals surface area contributed by atoms with Gasteiger partial charge in [-0.05, 0) is 43.0 Å². The second-order valence-electron chi connectivity index (χ2n) is 8.48. The number of hydrogen-bond donors (Lipinski definition) is 1. The molecule has 1 N–H and O–H groups in total. The minimum absolute atomic E-state index is 0.0409. The molecular formula is C22H18F8N6O2. The molecule has 0 aliphatic heterocycles. The summed E-state index contributed by atoms with van der Waals surface area (Å²) in [6, 6.07) is 1.23. The number of ether oxygens (including phenoxy) is 1. The molecule has 0 spiro atoms. The standard InChI is InChI=1S/C22H18F8N6O2/c1-10(18-33-9-34-36(18)20-31-6-14(7-32-20)38-8-17(23)24)35-19(37)12-2-11(3-13(4-12)21(25,26)27)15-5-16(15)22(28,29)30/h2-4,6-7,9-10,15-17H,5,8H2,1H3,(H,35,37). The van der Waals surface area contributed by atoms with E-state index in [4.69, 9.17) is 4.74 Å². The van der Waals surface area contributed by atoms with E-state index in [1.807, 2.05) is 0 Å². The quantitative estimate of drug-likeness (QED) is 0.402. The van der Waals surface area contributed by atoms with Crippen LogP contribution in [0.25, 0.3) is 5.95 Å². The normalized spacial score (nSPS) is 18.4. The SMILES string of the molecule is CC(NC(=O)c1cc(C2CC2C(F)(F)F)cc(C(F)(F)F)c1)c1ncnn1-c1ncc(OCC(F)F)cn1. The summed E-state index contributed by atoms with van der Waals surface area (Å²) in [5.74, 6) is -3.98. The van der Waals surface area contributed by atoms with Gasteiger partial charge in [0.05, 0.1) is 29.9 Å². The lowest BCUT2D eigenvalue weighted by Gasteiger charge is -2.16. The first-order valence-electron chi connectivity index (χ1n) is 11.0. The third-order valence-electron chi connectivity index (χ3n) is 5.67. The highest BCUT2D eigenvalue weighted by Gasteiger charge is 2.56. The zero-order chi connectivity index (χ0) is 27.8. The van der Waals surface area contributed by atoms with Crippen molar-refractivity contribution in [3.05, 3.63) is 59.4 Å². The maximum absolute atomic E-state index is 13.4. The van der Waals surface area contributed by atoms with Crippen LogP contribution < -0.4 is 10.1 Å². The Hall–Kier alpha value is -3.85. The number of nitrogens with one attached hydrogen (secondary N) is 1. The van der Waals surface area contributed by atoms with Gasteiger partial charge in [-0.25, -0.2) is 23.7 Å². The van der Waals surface area contributed by atoms with Gasteiger partial charge < -0.3 is 10.1 Å². The maximum Gasteiger partial charge on any atom is 0.416 e. The molecule has 1 aliphatic rings. The van der Waals surface area contributed by atoms with Gasteiger partial charge in [-0.15, -0.1) is 0 Å². The van der Waals surface area contributed by atoms with Crippen LogP contribution in [-0.4, -0.2) is 49.8 Å². The molecule has 1 aliphatic carbocycles. The number of carbonyl (C=O) groups is 1. The number of carbonyl (C=O) groups excluding carboxylic acids is 1. The van der Waals surface area contributed by atoms with Gasteiger partial charge in [0, 0.05) is 5.56 Å². The van der Waals surface area contributed by atoms with Gasteiger partial charge in [0.1, 0.15) is 12.9 Å². The molecule has 0 bridgehead atoms. The minimum atomic E-state index is -4.89. The van der Waals surface area contributed by atoms with Crippen LogP contribution in [0.4, 0.5) is 35.1 Å². The lowest BCUT2D eigenvalue weighted by molar-refractivity contribution is -0.148. The van der Waals surface area contributed by atoms with Crippen molar-refractivity contribution < 1.29 is 44.7 Å². The summed E-state index contributed by atoms with van der Waals surface area (Å²) in [6.07, 6.45) is -9.21. The second-order valence-corrected chi connectivity index (χ2v) is 8.48. The van der Waals surface area contributed by atoms with Crippen molar-refractivity contribution >= 4 is 5.91 Å². The lowest BCUT2D eigenvalue weighted by atomic mass is 10.0. The fourth-order valence-corrected chi connectivity index (χ4v) is 3.78. The zero-order valence-electron chi connectivity index (χ0n) is 19.3. The summed E-state index contributed by atoms with van der Waals surface area (Å²) in [7, 11) is 0. The Bertz CT molecular complexity index is 1290. The van der Waals surface area contributed by atoms with Crippen LogP contribution in [0.3, 0.4) is 0 Å². The van der Waals surface area contributed by atoms with E-state index in [9.17, 15) is 39.9 Å². The largest absolute Gasteiger partial charge is 0.484 e. The highest BCUT2D eigenvalue weighted by atomic mass is 19.4. The molecule has 1 aromatic carbocycles. The number of halogens is 8. The molecule has 0 saturated heterocycles. The number of hydrogen-bond acceptors (Lipinski definition) is 6. The van der Waals surface area contributed by atoms with Crippen molar-refractivity contribution in [3.8, 4) is 11.7 Å². The summed E-state index contributed by atoms with van der Waals surface area (Å²) < 4.78 is 110. The molecule has 1 amide bonds. The fraction of sp³-hybridized carbons (Fsp3) is 0.409. The number of alkyl halides is 8. The molecule has 204 valence electrons. The Balaban J connectivity index is 1.53. The molecule has 1 fully saturated rings. The first kappa shape index (κ1) is 27.2. The average molecular weight is 550 g/mol. The monoisotopic (exact) mass is 550 g/mol. The molecule has 1 saturated carbocycles. The van der Waals surface area contributed by atoms with Gasteiger partial charge in [-0.1, -0.05) is 0 Å². The van der Waals surface area contributed by atoms with E-state index in [0.717, 1.165) is 29.5 Å². The predicted octanol–water partition coefficient (Wildman–Crippen LogP) is 4.88. The number of benzene rings is 1. The van der Waals surface area contributed by atoms with Gasteiger partial charge in [0.25, 0.3) is 18.3 Å². The number of rotatable bonds is 8. The Labute approximate surface area is 209 Å². The van der Waals surface area contributed by atoms with Crippen molar-refractivity contribution in [2.24, 2.45) is 5.92 Å².